The molecule has 0 saturated carbocycles. The summed E-state index contributed by atoms with van der Waals surface area (Å²) in [6.45, 7) is 1.16. The van der Waals surface area contributed by atoms with E-state index in [4.69, 9.17) is 0 Å². The number of nitrogens with one attached hydrogen (secondary N) is 1. The highest BCUT2D eigenvalue weighted by Crippen LogP contribution is 2.15. The molecule has 0 spiro atoms. The first-order valence-electron chi connectivity index (χ1n) is 7.10. The van der Waals surface area contributed by atoms with E-state index in [2.05, 4.69) is 32.5 Å². The fourth-order valence-electron chi connectivity index (χ4n) is 2.38. The van der Waals surface area contributed by atoms with E-state index in [1.165, 1.54) is 17.6 Å². The number of hydrogen-bond donors (Lipinski definition) is 1. The van der Waals surface area contributed by atoms with Crippen LogP contribution in [0.1, 0.15) is 6.42 Å². The lowest BCUT2D eigenvalue weighted by Crippen LogP contribution is -2.25. The Morgan fingerprint density at radius 1 is 1.09 bits per heavy atom. The van der Waals surface area contributed by atoms with Crippen LogP contribution in [0.3, 0.4) is 0 Å². The number of aromatic nitrogens is 2. The van der Waals surface area contributed by atoms with E-state index in [0.717, 1.165) is 18.5 Å². The van der Waals surface area contributed by atoms with Crippen LogP contribution in [0.25, 0.3) is 10.9 Å². The van der Waals surface area contributed by atoms with Gasteiger partial charge in [0.1, 0.15) is 4.90 Å². The Kier molecular flexibility index (Phi) is 4.22. The van der Waals surface area contributed by atoms with Gasteiger partial charge >= 0.3 is 0 Å². The molecule has 0 atom stereocenters. The van der Waals surface area contributed by atoms with Crippen molar-refractivity contribution in [2.75, 3.05) is 6.54 Å². The van der Waals surface area contributed by atoms with Crippen LogP contribution in [0.5, 0.6) is 0 Å². The fraction of sp³-hybridized carbons (Fsp3) is 0.188. The Morgan fingerprint density at radius 3 is 2.77 bits per heavy atom. The molecule has 0 aliphatic rings. The van der Waals surface area contributed by atoms with E-state index in [1.54, 1.807) is 12.3 Å². The average Bonchev–Trinajstić information content (AvgIpc) is 2.96. The van der Waals surface area contributed by atoms with Gasteiger partial charge in [0.2, 0.25) is 10.0 Å². The normalized spacial score (nSPS) is 11.8. The molecule has 114 valence electrons. The molecular weight excluding hydrogens is 298 g/mol. The first-order valence-corrected chi connectivity index (χ1v) is 8.59. The first-order chi connectivity index (χ1) is 10.7. The first kappa shape index (κ1) is 14.7. The third kappa shape index (κ3) is 3.18. The molecule has 0 unspecified atom stereocenters. The Hall–Kier alpha value is -2.18. The zero-order chi connectivity index (χ0) is 15.4. The largest absolute Gasteiger partial charge is 0.347 e. The monoisotopic (exact) mass is 315 g/mol. The van der Waals surface area contributed by atoms with Gasteiger partial charge in [-0.15, -0.1) is 0 Å². The van der Waals surface area contributed by atoms with Gasteiger partial charge in [-0.2, -0.15) is 0 Å². The molecule has 2 aromatic heterocycles. The summed E-state index contributed by atoms with van der Waals surface area (Å²) >= 11 is 0. The zero-order valence-electron chi connectivity index (χ0n) is 12.0. The Morgan fingerprint density at radius 2 is 1.95 bits per heavy atom. The lowest BCUT2D eigenvalue weighted by atomic mass is 10.2. The molecule has 0 bridgehead atoms. The van der Waals surface area contributed by atoms with Gasteiger partial charge < -0.3 is 4.57 Å². The van der Waals surface area contributed by atoms with Crippen molar-refractivity contribution in [2.45, 2.75) is 17.9 Å². The van der Waals surface area contributed by atoms with Crippen molar-refractivity contribution in [1.82, 2.24) is 14.3 Å². The van der Waals surface area contributed by atoms with Crippen molar-refractivity contribution < 1.29 is 8.42 Å². The van der Waals surface area contributed by atoms with Crippen molar-refractivity contribution in [1.29, 1.82) is 0 Å². The van der Waals surface area contributed by atoms with Crippen molar-refractivity contribution in [2.24, 2.45) is 0 Å². The number of benzene rings is 1. The molecule has 5 nitrogen and oxygen atoms in total. The molecule has 0 aliphatic heterocycles. The quantitative estimate of drug-likeness (QED) is 0.710. The summed E-state index contributed by atoms with van der Waals surface area (Å²) in [5, 5.41) is 1.19. The number of fused-ring (bicyclic) bond motifs is 1. The highest BCUT2D eigenvalue weighted by atomic mass is 32.2. The third-order valence-electron chi connectivity index (χ3n) is 3.49. The average molecular weight is 315 g/mol. The summed E-state index contributed by atoms with van der Waals surface area (Å²) in [6.07, 6.45) is 5.65. The maximum atomic E-state index is 12.0. The van der Waals surface area contributed by atoms with Crippen LogP contribution in [0.15, 0.2) is 66.0 Å². The number of pyridine rings is 1. The maximum Gasteiger partial charge on any atom is 0.242 e. The number of hydrogen-bond acceptors (Lipinski definition) is 3. The van der Waals surface area contributed by atoms with Gasteiger partial charge in [0.15, 0.2) is 0 Å². The third-order valence-corrected chi connectivity index (χ3v) is 4.94. The number of aryl methyl sites for hydroxylation is 1. The highest BCUT2D eigenvalue weighted by Gasteiger charge is 2.12. The van der Waals surface area contributed by atoms with E-state index in [9.17, 15) is 8.42 Å². The molecule has 2 heterocycles. The molecular formula is C16H17N3O2S. The predicted molar refractivity (Wildman–Crippen MR) is 86.0 cm³/mol. The van der Waals surface area contributed by atoms with Gasteiger partial charge in [-0.05, 0) is 36.1 Å². The van der Waals surface area contributed by atoms with Crippen molar-refractivity contribution in [3.05, 3.63) is 61.1 Å². The van der Waals surface area contributed by atoms with Crippen LogP contribution < -0.4 is 4.72 Å². The summed E-state index contributed by atoms with van der Waals surface area (Å²) in [4.78, 5) is 4.03. The van der Waals surface area contributed by atoms with Gasteiger partial charge in [0.25, 0.3) is 0 Å². The summed E-state index contributed by atoms with van der Waals surface area (Å²) in [5.41, 5.74) is 1.16. The van der Waals surface area contributed by atoms with Crippen LogP contribution in [0, 0.1) is 0 Å². The minimum atomic E-state index is -3.47. The van der Waals surface area contributed by atoms with Crippen LogP contribution in [-0.2, 0) is 16.6 Å². The zero-order valence-corrected chi connectivity index (χ0v) is 12.8. The van der Waals surface area contributed by atoms with Gasteiger partial charge in [-0.1, -0.05) is 18.2 Å². The van der Waals surface area contributed by atoms with Gasteiger partial charge in [-0.3, -0.25) is 4.98 Å². The van der Waals surface area contributed by atoms with E-state index in [1.807, 2.05) is 18.3 Å². The summed E-state index contributed by atoms with van der Waals surface area (Å²) in [7, 11) is -3.47. The molecule has 0 aliphatic carbocycles. The highest BCUT2D eigenvalue weighted by molar-refractivity contribution is 7.89. The summed E-state index contributed by atoms with van der Waals surface area (Å²) in [5.74, 6) is 0. The van der Waals surface area contributed by atoms with E-state index >= 15 is 0 Å². The second-order valence-corrected chi connectivity index (χ2v) is 6.77. The van der Waals surface area contributed by atoms with Gasteiger partial charge in [0.05, 0.1) is 0 Å². The number of para-hydroxylation sites is 1. The van der Waals surface area contributed by atoms with E-state index in [0.29, 0.717) is 6.54 Å². The standard InChI is InChI=1S/C16H17N3O2S/c20-22(21,15-6-3-9-17-13-15)18-10-4-11-19-12-8-14-5-1-2-7-16(14)19/h1-3,5-9,12-13,18H,4,10-11H2. The molecule has 0 fully saturated rings. The molecule has 6 heteroatoms. The molecule has 0 amide bonds. The fourth-order valence-corrected chi connectivity index (χ4v) is 3.42. The second kappa shape index (κ2) is 6.29. The minimum absolute atomic E-state index is 0.196. The second-order valence-electron chi connectivity index (χ2n) is 5.01. The van der Waals surface area contributed by atoms with Crippen molar-refractivity contribution in [3.8, 4) is 0 Å². The van der Waals surface area contributed by atoms with Crippen LogP contribution in [-0.4, -0.2) is 24.5 Å². The van der Waals surface area contributed by atoms with E-state index in [-0.39, 0.29) is 4.90 Å². The Balaban J connectivity index is 1.58. The Labute approximate surface area is 129 Å². The minimum Gasteiger partial charge on any atom is -0.347 e. The number of nitrogens with zero attached hydrogens (tertiary/aromatic N) is 2. The van der Waals surface area contributed by atoms with Gasteiger partial charge in [-0.25, -0.2) is 13.1 Å². The van der Waals surface area contributed by atoms with Crippen molar-refractivity contribution >= 4 is 20.9 Å². The lowest BCUT2D eigenvalue weighted by Gasteiger charge is -2.08. The molecule has 1 N–H and O–H groups in total. The summed E-state index contributed by atoms with van der Waals surface area (Å²) < 4.78 is 28.8. The van der Waals surface area contributed by atoms with Crippen LogP contribution in [0.2, 0.25) is 0 Å². The number of sulfonamides is 1. The lowest BCUT2D eigenvalue weighted by molar-refractivity contribution is 0.571. The van der Waals surface area contributed by atoms with Crippen molar-refractivity contribution in [3.63, 3.8) is 0 Å². The van der Waals surface area contributed by atoms with Gasteiger partial charge in [0, 0.05) is 37.2 Å². The molecule has 3 rings (SSSR count). The van der Waals surface area contributed by atoms with E-state index < -0.39 is 10.0 Å². The summed E-state index contributed by atoms with van der Waals surface area (Å²) in [6, 6.07) is 13.4. The van der Waals surface area contributed by atoms with Crippen LogP contribution >= 0.6 is 0 Å². The smallest absolute Gasteiger partial charge is 0.242 e. The molecule has 3 aromatic rings. The SMILES string of the molecule is O=S(=O)(NCCCn1ccc2ccccc21)c1cccnc1. The number of rotatable bonds is 6. The van der Waals surface area contributed by atoms with Crippen LogP contribution in [0.4, 0.5) is 0 Å². The molecule has 0 saturated heterocycles. The molecule has 1 aromatic carbocycles. The Bertz CT molecular complexity index is 857. The molecule has 22 heavy (non-hydrogen) atoms. The predicted octanol–water partition coefficient (Wildman–Crippen LogP) is 2.40. The topological polar surface area (TPSA) is 64.0 Å². The molecule has 0 radical (unpaired) electrons. The maximum absolute atomic E-state index is 12.0.